The van der Waals surface area contributed by atoms with Crippen molar-refractivity contribution in [1.82, 2.24) is 0 Å². The number of nitrogens with two attached hydrogens (primary N) is 4. The fraction of sp³-hybridized carbons (Fsp3) is 0.323. The summed E-state index contributed by atoms with van der Waals surface area (Å²) < 4.78 is 10.6. The summed E-state index contributed by atoms with van der Waals surface area (Å²) in [7, 11) is 0. The van der Waals surface area contributed by atoms with Crippen molar-refractivity contribution in [3.63, 3.8) is 0 Å². The van der Waals surface area contributed by atoms with E-state index in [1.54, 1.807) is 60.7 Å². The number of aliphatic hydroxyl groups excluding tert-OH is 1. The summed E-state index contributed by atoms with van der Waals surface area (Å²) in [6, 6.07) is 11.8. The van der Waals surface area contributed by atoms with E-state index in [9.17, 15) is 19.5 Å². The van der Waals surface area contributed by atoms with Crippen molar-refractivity contribution in [1.29, 1.82) is 0 Å². The van der Waals surface area contributed by atoms with Crippen molar-refractivity contribution >= 4 is 79.5 Å². The molecule has 0 bridgehead atoms. The highest BCUT2D eigenvalue weighted by Crippen LogP contribution is 2.16. The third-order valence-electron chi connectivity index (χ3n) is 5.92. The first kappa shape index (κ1) is 46.5. The molecule has 0 aliphatic heterocycles. The first-order chi connectivity index (χ1) is 19.7. The number of ketones is 1. The van der Waals surface area contributed by atoms with Crippen LogP contribution in [0.5, 0.6) is 11.5 Å². The molecule has 45 heavy (non-hydrogen) atoms. The third kappa shape index (κ3) is 19.2. The van der Waals surface area contributed by atoms with Crippen LogP contribution in [0, 0.1) is 0 Å². The maximum atomic E-state index is 12.2. The van der Waals surface area contributed by atoms with Gasteiger partial charge in [-0.05, 0) is 86.3 Å². The number of ether oxygens (including phenoxy) is 2. The molecular formula is C31H44Cl4N4O6. The minimum atomic E-state index is -0.711. The number of carbonyl (C=O) groups is 3. The lowest BCUT2D eigenvalue weighted by atomic mass is 10.1. The smallest absolute Gasteiger partial charge is 0.328 e. The SMILES string of the molecule is Cl.Cl.Cl.Cl.NCCCCC(N)C(=O)Oc1ccc(/C=C/C(=O)/C=C(O)/C=C/c2ccc(OC(=O)C(N)CCCCN)cc2)cc1. The van der Waals surface area contributed by atoms with Gasteiger partial charge in [0.15, 0.2) is 5.78 Å². The summed E-state index contributed by atoms with van der Waals surface area (Å²) in [5, 5.41) is 10.1. The molecule has 0 aromatic heterocycles. The van der Waals surface area contributed by atoms with Gasteiger partial charge < -0.3 is 37.5 Å². The van der Waals surface area contributed by atoms with Crippen LogP contribution in [-0.4, -0.2) is 48.0 Å². The second kappa shape index (κ2) is 26.3. The molecule has 0 radical (unpaired) electrons. The van der Waals surface area contributed by atoms with Gasteiger partial charge in [-0.3, -0.25) is 4.79 Å². The second-order valence-corrected chi connectivity index (χ2v) is 9.40. The van der Waals surface area contributed by atoms with Gasteiger partial charge in [0, 0.05) is 6.08 Å². The Bertz CT molecular complexity index is 1230. The van der Waals surface area contributed by atoms with Gasteiger partial charge >= 0.3 is 11.9 Å². The summed E-state index contributed by atoms with van der Waals surface area (Å²) in [6.07, 6.45) is 11.1. The monoisotopic (exact) mass is 708 g/mol. The summed E-state index contributed by atoms with van der Waals surface area (Å²) in [5.74, 6) is -0.966. The molecule has 2 aromatic rings. The predicted molar refractivity (Wildman–Crippen MR) is 189 cm³/mol. The van der Waals surface area contributed by atoms with Gasteiger partial charge in [0.05, 0.1) is 0 Å². The molecule has 0 heterocycles. The summed E-state index contributed by atoms with van der Waals surface area (Å²) in [6.45, 7) is 1.10. The topological polar surface area (TPSA) is 194 Å². The highest BCUT2D eigenvalue weighted by atomic mass is 35.5. The first-order valence-electron chi connectivity index (χ1n) is 13.6. The molecule has 252 valence electrons. The highest BCUT2D eigenvalue weighted by Gasteiger charge is 2.16. The highest BCUT2D eigenvalue weighted by molar-refractivity contribution is 6.02. The average Bonchev–Trinajstić information content (AvgIpc) is 2.96. The van der Waals surface area contributed by atoms with Crippen molar-refractivity contribution in [2.45, 2.75) is 50.6 Å². The van der Waals surface area contributed by atoms with E-state index in [4.69, 9.17) is 32.4 Å². The Morgan fingerprint density at radius 3 is 1.40 bits per heavy atom. The van der Waals surface area contributed by atoms with Crippen LogP contribution in [0.3, 0.4) is 0 Å². The minimum absolute atomic E-state index is 0. The van der Waals surface area contributed by atoms with Gasteiger partial charge in [0.1, 0.15) is 29.3 Å². The molecule has 10 nitrogen and oxygen atoms in total. The number of esters is 2. The number of hydrogen-bond acceptors (Lipinski definition) is 10. The number of rotatable bonds is 17. The molecule has 0 fully saturated rings. The normalized spacial score (nSPS) is 12.1. The lowest BCUT2D eigenvalue weighted by Gasteiger charge is -2.11. The number of allylic oxidation sites excluding steroid dienone is 3. The van der Waals surface area contributed by atoms with Crippen LogP contribution in [0.25, 0.3) is 12.2 Å². The summed E-state index contributed by atoms with van der Waals surface area (Å²) in [5.41, 5.74) is 24.0. The van der Waals surface area contributed by atoms with Crippen LogP contribution in [0.1, 0.15) is 49.7 Å². The molecule has 14 heteroatoms. The van der Waals surface area contributed by atoms with E-state index in [0.29, 0.717) is 43.0 Å². The molecule has 2 atom stereocenters. The van der Waals surface area contributed by atoms with Gasteiger partial charge in [0.25, 0.3) is 0 Å². The average molecular weight is 711 g/mol. The third-order valence-corrected chi connectivity index (χ3v) is 5.92. The molecule has 2 rings (SSSR count). The largest absolute Gasteiger partial charge is 0.508 e. The van der Waals surface area contributed by atoms with Gasteiger partial charge in [-0.25, -0.2) is 9.59 Å². The zero-order valence-electron chi connectivity index (χ0n) is 24.7. The fourth-order valence-electron chi connectivity index (χ4n) is 3.53. The Balaban J connectivity index is -0.00000441. The van der Waals surface area contributed by atoms with Crippen molar-refractivity contribution in [2.24, 2.45) is 22.9 Å². The van der Waals surface area contributed by atoms with Gasteiger partial charge in [-0.1, -0.05) is 49.3 Å². The maximum Gasteiger partial charge on any atom is 0.328 e. The Morgan fingerprint density at radius 2 is 1.02 bits per heavy atom. The van der Waals surface area contributed by atoms with Crippen LogP contribution < -0.4 is 32.4 Å². The van der Waals surface area contributed by atoms with E-state index >= 15 is 0 Å². The van der Waals surface area contributed by atoms with E-state index in [0.717, 1.165) is 37.3 Å². The Hall–Kier alpha value is -2.93. The molecule has 0 amide bonds. The van der Waals surface area contributed by atoms with E-state index < -0.39 is 29.8 Å². The van der Waals surface area contributed by atoms with Crippen LogP contribution in [0.15, 0.2) is 72.5 Å². The molecule has 0 saturated heterocycles. The van der Waals surface area contributed by atoms with Gasteiger partial charge in [0.2, 0.25) is 0 Å². The van der Waals surface area contributed by atoms with E-state index in [1.165, 1.54) is 12.2 Å². The molecule has 0 aliphatic carbocycles. The first-order valence-corrected chi connectivity index (χ1v) is 13.6. The summed E-state index contributed by atoms with van der Waals surface area (Å²) in [4.78, 5) is 36.3. The van der Waals surface area contributed by atoms with Crippen LogP contribution in [0.2, 0.25) is 0 Å². The van der Waals surface area contributed by atoms with Gasteiger partial charge in [-0.2, -0.15) is 0 Å². The van der Waals surface area contributed by atoms with Crippen molar-refractivity contribution in [3.8, 4) is 11.5 Å². The minimum Gasteiger partial charge on any atom is -0.508 e. The number of carbonyl (C=O) groups excluding carboxylic acids is 3. The Labute approximate surface area is 289 Å². The van der Waals surface area contributed by atoms with Crippen molar-refractivity contribution < 1.29 is 29.0 Å². The second-order valence-electron chi connectivity index (χ2n) is 9.40. The molecule has 0 aliphatic rings. The number of unbranched alkanes of at least 4 members (excludes halogenated alkanes) is 2. The van der Waals surface area contributed by atoms with Crippen LogP contribution in [0.4, 0.5) is 0 Å². The molecular weight excluding hydrogens is 666 g/mol. The molecule has 0 saturated carbocycles. The number of benzene rings is 2. The Morgan fingerprint density at radius 1 is 0.644 bits per heavy atom. The van der Waals surface area contributed by atoms with E-state index in [2.05, 4.69) is 0 Å². The molecule has 2 unspecified atom stereocenters. The van der Waals surface area contributed by atoms with Crippen LogP contribution in [-0.2, 0) is 14.4 Å². The number of aliphatic hydroxyl groups is 1. The lowest BCUT2D eigenvalue weighted by molar-refractivity contribution is -0.136. The number of halogens is 4. The van der Waals surface area contributed by atoms with E-state index in [1.807, 2.05) is 0 Å². The van der Waals surface area contributed by atoms with Crippen LogP contribution >= 0.6 is 49.6 Å². The molecule has 0 spiro atoms. The zero-order valence-corrected chi connectivity index (χ0v) is 28.0. The van der Waals surface area contributed by atoms with Gasteiger partial charge in [-0.15, -0.1) is 49.6 Å². The maximum absolute atomic E-state index is 12.2. The predicted octanol–water partition coefficient (Wildman–Crippen LogP) is 4.83. The molecule has 9 N–H and O–H groups in total. The zero-order chi connectivity index (χ0) is 30.0. The standard InChI is InChI=1S/C31H40N4O6.4ClH/c32-19-3-1-5-28(34)30(38)40-26-15-9-22(10-16-26)7-13-24(36)21-25(37)14-8-23-11-17-27(18-12-23)41-31(39)29(35)6-2-4-20-33;;;;/h7-18,21,28-29,36H,1-6,19-20,32-35H2;4*1H/b13-7+,14-8+,24-21-;;;;. The number of hydrogen-bond donors (Lipinski definition) is 5. The van der Waals surface area contributed by atoms with E-state index in [-0.39, 0.29) is 55.4 Å². The summed E-state index contributed by atoms with van der Waals surface area (Å²) >= 11 is 0. The lowest BCUT2D eigenvalue weighted by Crippen LogP contribution is -2.34. The quantitative estimate of drug-likeness (QED) is 0.0379. The van der Waals surface area contributed by atoms with Crippen molar-refractivity contribution in [3.05, 3.63) is 83.6 Å². The fourth-order valence-corrected chi connectivity index (χ4v) is 3.53. The molecule has 2 aromatic carbocycles. The Kier molecular flexibility index (Phi) is 27.2. The van der Waals surface area contributed by atoms with Crippen molar-refractivity contribution in [2.75, 3.05) is 13.1 Å².